The van der Waals surface area contributed by atoms with E-state index in [-0.39, 0.29) is 5.75 Å². The van der Waals surface area contributed by atoms with Gasteiger partial charge in [-0.05, 0) is 42.5 Å². The fraction of sp³-hybridized carbons (Fsp3) is 0. The van der Waals surface area contributed by atoms with Crippen molar-refractivity contribution in [1.82, 2.24) is 4.98 Å². The predicted molar refractivity (Wildman–Crippen MR) is 80.9 cm³/mol. The minimum Gasteiger partial charge on any atom is -0.454 e. The zero-order chi connectivity index (χ0) is 14.1. The van der Waals surface area contributed by atoms with Crippen LogP contribution in [0.1, 0.15) is 0 Å². The summed E-state index contributed by atoms with van der Waals surface area (Å²) in [7, 11) is 0. The first-order chi connectivity index (χ1) is 9.63. The number of ether oxygens (including phenoxy) is 1. The molecule has 0 bridgehead atoms. The molecule has 0 aliphatic heterocycles. The van der Waals surface area contributed by atoms with E-state index >= 15 is 0 Å². The van der Waals surface area contributed by atoms with E-state index in [1.165, 1.54) is 6.07 Å². The molecule has 0 unspecified atom stereocenters. The van der Waals surface area contributed by atoms with Gasteiger partial charge in [-0.2, -0.15) is 0 Å². The van der Waals surface area contributed by atoms with Gasteiger partial charge in [0.1, 0.15) is 5.75 Å². The van der Waals surface area contributed by atoms with Gasteiger partial charge in [-0.25, -0.2) is 4.39 Å². The van der Waals surface area contributed by atoms with Crippen LogP contribution in [-0.4, -0.2) is 4.98 Å². The predicted octanol–water partition coefficient (Wildman–Crippen LogP) is 5.58. The maximum absolute atomic E-state index is 13.8. The van der Waals surface area contributed by atoms with Crippen molar-refractivity contribution in [2.24, 2.45) is 0 Å². The average molecular weight is 353 g/mol. The first kappa shape index (κ1) is 13.3. The van der Waals surface area contributed by atoms with Crippen LogP contribution in [0.5, 0.6) is 11.5 Å². The molecule has 0 amide bonds. The second-order valence-corrected chi connectivity index (χ2v) is 5.50. The van der Waals surface area contributed by atoms with Crippen LogP contribution in [0.3, 0.4) is 0 Å². The van der Waals surface area contributed by atoms with Crippen molar-refractivity contribution >= 4 is 38.4 Å². The molecule has 3 rings (SSSR count). The van der Waals surface area contributed by atoms with Crippen molar-refractivity contribution in [1.29, 1.82) is 0 Å². The van der Waals surface area contributed by atoms with Gasteiger partial charge in [-0.3, -0.25) is 4.98 Å². The van der Waals surface area contributed by atoms with Crippen LogP contribution in [0.2, 0.25) is 5.02 Å². The molecule has 0 N–H and O–H groups in total. The van der Waals surface area contributed by atoms with Crippen molar-refractivity contribution in [3.63, 3.8) is 0 Å². The summed E-state index contributed by atoms with van der Waals surface area (Å²) in [6, 6.07) is 11.6. The fourth-order valence-corrected chi connectivity index (χ4v) is 2.36. The van der Waals surface area contributed by atoms with E-state index in [1.54, 1.807) is 42.6 Å². The molecule has 0 fully saturated rings. The van der Waals surface area contributed by atoms with Crippen molar-refractivity contribution in [2.45, 2.75) is 0 Å². The maximum Gasteiger partial charge on any atom is 0.166 e. The van der Waals surface area contributed by atoms with Crippen LogP contribution in [0.4, 0.5) is 4.39 Å². The highest BCUT2D eigenvalue weighted by Crippen LogP contribution is 2.32. The first-order valence-corrected chi connectivity index (χ1v) is 6.98. The Labute approximate surface area is 128 Å². The molecule has 0 radical (unpaired) electrons. The lowest BCUT2D eigenvalue weighted by molar-refractivity contribution is 0.446. The van der Waals surface area contributed by atoms with Crippen LogP contribution in [-0.2, 0) is 0 Å². The van der Waals surface area contributed by atoms with Gasteiger partial charge in [0.2, 0.25) is 0 Å². The van der Waals surface area contributed by atoms with Gasteiger partial charge in [0.25, 0.3) is 0 Å². The van der Waals surface area contributed by atoms with Crippen LogP contribution in [0.15, 0.2) is 53.1 Å². The summed E-state index contributed by atoms with van der Waals surface area (Å²) in [6.07, 6.45) is 1.60. The molecule has 100 valence electrons. The van der Waals surface area contributed by atoms with E-state index < -0.39 is 5.82 Å². The summed E-state index contributed by atoms with van der Waals surface area (Å²) in [6.45, 7) is 0. The molecule has 2 aromatic carbocycles. The van der Waals surface area contributed by atoms with Crippen LogP contribution in [0, 0.1) is 5.82 Å². The highest BCUT2D eigenvalue weighted by atomic mass is 79.9. The quantitative estimate of drug-likeness (QED) is 0.600. The minimum atomic E-state index is -0.432. The van der Waals surface area contributed by atoms with Crippen molar-refractivity contribution < 1.29 is 9.13 Å². The second kappa shape index (κ2) is 5.38. The third-order valence-electron chi connectivity index (χ3n) is 2.78. The zero-order valence-corrected chi connectivity index (χ0v) is 12.5. The van der Waals surface area contributed by atoms with Crippen LogP contribution < -0.4 is 4.74 Å². The Morgan fingerprint density at radius 1 is 1.05 bits per heavy atom. The summed E-state index contributed by atoms with van der Waals surface area (Å²) in [4.78, 5) is 4.22. The smallest absolute Gasteiger partial charge is 0.166 e. The Hall–Kier alpha value is -1.65. The van der Waals surface area contributed by atoms with E-state index in [9.17, 15) is 4.39 Å². The van der Waals surface area contributed by atoms with Gasteiger partial charge in [-0.1, -0.05) is 27.5 Å². The van der Waals surface area contributed by atoms with Gasteiger partial charge in [0.05, 0.1) is 5.52 Å². The molecule has 0 saturated heterocycles. The van der Waals surface area contributed by atoms with Crippen LogP contribution >= 0.6 is 27.5 Å². The lowest BCUT2D eigenvalue weighted by Crippen LogP contribution is -1.90. The molecule has 0 aliphatic carbocycles. The third kappa shape index (κ3) is 2.62. The Balaban J connectivity index is 2.06. The summed E-state index contributed by atoms with van der Waals surface area (Å²) >= 11 is 9.14. The summed E-state index contributed by atoms with van der Waals surface area (Å²) in [5.74, 6) is 0.266. The zero-order valence-electron chi connectivity index (χ0n) is 10.1. The molecule has 2 nitrogen and oxygen atoms in total. The van der Waals surface area contributed by atoms with Crippen molar-refractivity contribution in [3.05, 3.63) is 64.0 Å². The number of aromatic nitrogens is 1. The summed E-state index contributed by atoms with van der Waals surface area (Å²) < 4.78 is 20.1. The van der Waals surface area contributed by atoms with Gasteiger partial charge in [-0.15, -0.1) is 0 Å². The number of halogens is 3. The number of pyridine rings is 1. The van der Waals surface area contributed by atoms with E-state index in [0.29, 0.717) is 20.8 Å². The van der Waals surface area contributed by atoms with Gasteiger partial charge >= 0.3 is 0 Å². The normalized spacial score (nSPS) is 10.8. The Morgan fingerprint density at radius 2 is 1.90 bits per heavy atom. The number of fused-ring (bicyclic) bond motifs is 1. The van der Waals surface area contributed by atoms with E-state index in [2.05, 4.69) is 20.9 Å². The number of hydrogen-bond acceptors (Lipinski definition) is 2. The van der Waals surface area contributed by atoms with E-state index in [0.717, 1.165) is 5.39 Å². The van der Waals surface area contributed by atoms with E-state index in [1.807, 2.05) is 0 Å². The molecule has 1 aromatic heterocycles. The molecule has 0 spiro atoms. The Bertz CT molecular complexity index is 794. The lowest BCUT2D eigenvalue weighted by Gasteiger charge is -2.09. The Kier molecular flexibility index (Phi) is 3.59. The fourth-order valence-electron chi connectivity index (χ4n) is 1.86. The van der Waals surface area contributed by atoms with Gasteiger partial charge < -0.3 is 4.74 Å². The standard InChI is InChI=1S/C15H8BrClFNO/c16-9-1-4-15(12(18)7-9)20-14-5-6-19-13-8-10(17)2-3-11(13)14/h1-8H. The van der Waals surface area contributed by atoms with Crippen molar-refractivity contribution in [2.75, 3.05) is 0 Å². The molecular formula is C15H8BrClFNO. The SMILES string of the molecule is Fc1cc(Br)ccc1Oc1ccnc2cc(Cl)ccc12. The van der Waals surface area contributed by atoms with Gasteiger partial charge in [0, 0.05) is 21.1 Å². The first-order valence-electron chi connectivity index (χ1n) is 5.81. The maximum atomic E-state index is 13.8. The average Bonchev–Trinajstić information content (AvgIpc) is 2.41. The van der Waals surface area contributed by atoms with Crippen molar-refractivity contribution in [3.8, 4) is 11.5 Å². The minimum absolute atomic E-state index is 0.163. The monoisotopic (exact) mass is 351 g/mol. The molecule has 20 heavy (non-hydrogen) atoms. The number of nitrogens with zero attached hydrogens (tertiary/aromatic N) is 1. The van der Waals surface area contributed by atoms with Crippen LogP contribution in [0.25, 0.3) is 10.9 Å². The summed E-state index contributed by atoms with van der Waals surface area (Å²) in [5.41, 5.74) is 0.701. The number of hydrogen-bond donors (Lipinski definition) is 0. The van der Waals surface area contributed by atoms with Gasteiger partial charge in [0.15, 0.2) is 11.6 Å². The molecule has 5 heteroatoms. The lowest BCUT2D eigenvalue weighted by atomic mass is 10.2. The molecule has 0 atom stereocenters. The highest BCUT2D eigenvalue weighted by Gasteiger charge is 2.09. The molecule has 1 heterocycles. The number of benzene rings is 2. The molecule has 0 aliphatic rings. The van der Waals surface area contributed by atoms with E-state index in [4.69, 9.17) is 16.3 Å². The summed E-state index contributed by atoms with van der Waals surface area (Å²) in [5, 5.41) is 1.37. The molecule has 0 saturated carbocycles. The topological polar surface area (TPSA) is 22.1 Å². The highest BCUT2D eigenvalue weighted by molar-refractivity contribution is 9.10. The second-order valence-electron chi connectivity index (χ2n) is 4.15. The molecule has 3 aromatic rings. The number of rotatable bonds is 2. The largest absolute Gasteiger partial charge is 0.454 e. The third-order valence-corrected chi connectivity index (χ3v) is 3.51. The molecular weight excluding hydrogens is 345 g/mol. The Morgan fingerprint density at radius 3 is 2.70 bits per heavy atom.